The van der Waals surface area contributed by atoms with Gasteiger partial charge in [-0.3, -0.25) is 0 Å². The summed E-state index contributed by atoms with van der Waals surface area (Å²) in [7, 11) is 0. The minimum absolute atomic E-state index is 0.546. The van der Waals surface area contributed by atoms with Gasteiger partial charge in [-0.1, -0.05) is 6.07 Å². The van der Waals surface area contributed by atoms with E-state index in [0.717, 1.165) is 18.1 Å². The highest BCUT2D eigenvalue weighted by Gasteiger charge is 2.02. The van der Waals surface area contributed by atoms with Crippen LogP contribution in [0.2, 0.25) is 0 Å². The Hall–Kier alpha value is -2.10. The van der Waals surface area contributed by atoms with Crippen molar-refractivity contribution in [2.45, 2.75) is 20.8 Å². The Balaban J connectivity index is 2.17. The van der Waals surface area contributed by atoms with Crippen LogP contribution in [0.1, 0.15) is 18.1 Å². The summed E-state index contributed by atoms with van der Waals surface area (Å²) in [6, 6.07) is 7.78. The maximum absolute atomic E-state index is 5.71. The summed E-state index contributed by atoms with van der Waals surface area (Å²) >= 11 is 0. The number of aryl methyl sites for hydroxylation is 2. The van der Waals surface area contributed by atoms with Crippen LogP contribution in [-0.4, -0.2) is 16.5 Å². The van der Waals surface area contributed by atoms with Crippen molar-refractivity contribution in [3.63, 3.8) is 0 Å². The molecule has 94 valence electrons. The van der Waals surface area contributed by atoms with E-state index in [-0.39, 0.29) is 0 Å². The molecule has 0 unspecified atom stereocenters. The molecule has 0 atom stereocenters. The highest BCUT2D eigenvalue weighted by molar-refractivity contribution is 5.40. The fourth-order valence-electron chi connectivity index (χ4n) is 1.57. The molecule has 0 aliphatic carbocycles. The van der Waals surface area contributed by atoms with Crippen LogP contribution in [0.15, 0.2) is 30.6 Å². The van der Waals surface area contributed by atoms with Gasteiger partial charge in [0.1, 0.15) is 17.9 Å². The van der Waals surface area contributed by atoms with Gasteiger partial charge in [0.2, 0.25) is 5.88 Å². The van der Waals surface area contributed by atoms with E-state index in [9.17, 15) is 0 Å². The first-order chi connectivity index (χ1) is 8.69. The Labute approximate surface area is 107 Å². The minimum Gasteiger partial charge on any atom is -0.439 e. The molecule has 1 aromatic carbocycles. The molecule has 0 saturated heterocycles. The smallest absolute Gasteiger partial charge is 0.224 e. The van der Waals surface area contributed by atoms with E-state index in [1.165, 1.54) is 17.5 Å². The van der Waals surface area contributed by atoms with Gasteiger partial charge < -0.3 is 10.1 Å². The van der Waals surface area contributed by atoms with Crippen molar-refractivity contribution in [1.29, 1.82) is 0 Å². The summed E-state index contributed by atoms with van der Waals surface area (Å²) in [5.41, 5.74) is 2.45. The lowest BCUT2D eigenvalue weighted by Crippen LogP contribution is -2.00. The van der Waals surface area contributed by atoms with E-state index in [1.54, 1.807) is 6.07 Å². The zero-order valence-corrected chi connectivity index (χ0v) is 10.9. The lowest BCUT2D eigenvalue weighted by Gasteiger charge is -2.08. The third-order valence-corrected chi connectivity index (χ3v) is 2.70. The molecule has 1 aromatic heterocycles. The van der Waals surface area contributed by atoms with Crippen LogP contribution in [0.3, 0.4) is 0 Å². The second-order valence-electron chi connectivity index (χ2n) is 4.12. The standard InChI is InChI=1S/C14H17N3O/c1-4-15-13-8-14(17-9-16-13)18-12-6-5-10(2)11(3)7-12/h5-9H,4H2,1-3H3,(H,15,16,17). The van der Waals surface area contributed by atoms with E-state index in [2.05, 4.69) is 29.1 Å². The Kier molecular flexibility index (Phi) is 3.77. The van der Waals surface area contributed by atoms with Crippen LogP contribution in [0.4, 0.5) is 5.82 Å². The molecule has 2 aromatic rings. The number of aromatic nitrogens is 2. The van der Waals surface area contributed by atoms with Gasteiger partial charge in [-0.25, -0.2) is 9.97 Å². The Bertz CT molecular complexity index is 540. The minimum atomic E-state index is 0.546. The summed E-state index contributed by atoms with van der Waals surface area (Å²) in [6.45, 7) is 6.98. The second-order valence-corrected chi connectivity index (χ2v) is 4.12. The van der Waals surface area contributed by atoms with E-state index in [4.69, 9.17) is 4.74 Å². The van der Waals surface area contributed by atoms with Crippen LogP contribution < -0.4 is 10.1 Å². The highest BCUT2D eigenvalue weighted by atomic mass is 16.5. The van der Waals surface area contributed by atoms with Crippen LogP contribution in [0.25, 0.3) is 0 Å². The van der Waals surface area contributed by atoms with Crippen molar-refractivity contribution in [3.8, 4) is 11.6 Å². The molecular weight excluding hydrogens is 226 g/mol. The molecule has 4 nitrogen and oxygen atoms in total. The predicted molar refractivity (Wildman–Crippen MR) is 72.2 cm³/mol. The lowest BCUT2D eigenvalue weighted by atomic mass is 10.1. The summed E-state index contributed by atoms with van der Waals surface area (Å²) in [6.07, 6.45) is 1.49. The zero-order valence-electron chi connectivity index (χ0n) is 10.9. The Morgan fingerprint density at radius 2 is 1.94 bits per heavy atom. The van der Waals surface area contributed by atoms with E-state index in [0.29, 0.717) is 5.88 Å². The predicted octanol–water partition coefficient (Wildman–Crippen LogP) is 3.32. The van der Waals surface area contributed by atoms with Gasteiger partial charge in [-0.05, 0) is 44.0 Å². The first-order valence-electron chi connectivity index (χ1n) is 6.00. The quantitative estimate of drug-likeness (QED) is 0.894. The molecule has 0 saturated carbocycles. The first-order valence-corrected chi connectivity index (χ1v) is 6.00. The maximum Gasteiger partial charge on any atom is 0.224 e. The zero-order chi connectivity index (χ0) is 13.0. The fraction of sp³-hybridized carbons (Fsp3) is 0.286. The van der Waals surface area contributed by atoms with Crippen LogP contribution in [0.5, 0.6) is 11.6 Å². The second kappa shape index (κ2) is 5.49. The average Bonchev–Trinajstić information content (AvgIpc) is 2.35. The molecule has 0 amide bonds. The molecule has 1 heterocycles. The van der Waals surface area contributed by atoms with Crippen molar-refractivity contribution >= 4 is 5.82 Å². The number of benzene rings is 1. The third-order valence-electron chi connectivity index (χ3n) is 2.70. The van der Waals surface area contributed by atoms with Gasteiger partial charge in [-0.2, -0.15) is 0 Å². The summed E-state index contributed by atoms with van der Waals surface area (Å²) in [4.78, 5) is 8.20. The number of nitrogens with one attached hydrogen (secondary N) is 1. The largest absolute Gasteiger partial charge is 0.439 e. The molecule has 2 rings (SSSR count). The first kappa shape index (κ1) is 12.4. The van der Waals surface area contributed by atoms with Gasteiger partial charge in [0.05, 0.1) is 0 Å². The van der Waals surface area contributed by atoms with Crippen LogP contribution in [0, 0.1) is 13.8 Å². The molecule has 0 radical (unpaired) electrons. The highest BCUT2D eigenvalue weighted by Crippen LogP contribution is 2.22. The summed E-state index contributed by atoms with van der Waals surface area (Å²) < 4.78 is 5.71. The van der Waals surface area contributed by atoms with Crippen LogP contribution in [-0.2, 0) is 0 Å². The number of anilines is 1. The van der Waals surface area contributed by atoms with Gasteiger partial charge in [-0.15, -0.1) is 0 Å². The number of rotatable bonds is 4. The molecule has 0 fully saturated rings. The fourth-order valence-corrected chi connectivity index (χ4v) is 1.57. The Morgan fingerprint density at radius 1 is 1.11 bits per heavy atom. The Morgan fingerprint density at radius 3 is 2.67 bits per heavy atom. The van der Waals surface area contributed by atoms with Crippen LogP contribution >= 0.6 is 0 Å². The molecular formula is C14H17N3O. The number of nitrogens with zero attached hydrogens (tertiary/aromatic N) is 2. The molecule has 0 spiro atoms. The van der Waals surface area contributed by atoms with Gasteiger partial charge in [0.15, 0.2) is 0 Å². The summed E-state index contributed by atoms with van der Waals surface area (Å²) in [5, 5.41) is 3.12. The number of hydrogen-bond donors (Lipinski definition) is 1. The van der Waals surface area contributed by atoms with E-state index < -0.39 is 0 Å². The van der Waals surface area contributed by atoms with Gasteiger partial charge in [0, 0.05) is 12.6 Å². The van der Waals surface area contributed by atoms with Crippen molar-refractivity contribution in [3.05, 3.63) is 41.7 Å². The van der Waals surface area contributed by atoms with Gasteiger partial charge >= 0.3 is 0 Å². The summed E-state index contributed by atoms with van der Waals surface area (Å²) in [5.74, 6) is 2.11. The molecule has 0 bridgehead atoms. The SMILES string of the molecule is CCNc1cc(Oc2ccc(C)c(C)c2)ncn1. The molecule has 1 N–H and O–H groups in total. The lowest BCUT2D eigenvalue weighted by molar-refractivity contribution is 0.461. The monoisotopic (exact) mass is 243 g/mol. The third kappa shape index (κ3) is 2.97. The van der Waals surface area contributed by atoms with Crippen molar-refractivity contribution in [1.82, 2.24) is 9.97 Å². The van der Waals surface area contributed by atoms with Crippen molar-refractivity contribution < 1.29 is 4.74 Å². The number of ether oxygens (including phenoxy) is 1. The number of hydrogen-bond acceptors (Lipinski definition) is 4. The molecule has 0 aliphatic rings. The van der Waals surface area contributed by atoms with E-state index >= 15 is 0 Å². The molecule has 4 heteroatoms. The maximum atomic E-state index is 5.71. The van der Waals surface area contributed by atoms with E-state index in [1.807, 2.05) is 25.1 Å². The van der Waals surface area contributed by atoms with Gasteiger partial charge in [0.25, 0.3) is 0 Å². The van der Waals surface area contributed by atoms with Crippen molar-refractivity contribution in [2.24, 2.45) is 0 Å². The molecule has 0 aliphatic heterocycles. The van der Waals surface area contributed by atoms with Crippen molar-refractivity contribution in [2.75, 3.05) is 11.9 Å². The average molecular weight is 243 g/mol. The normalized spacial score (nSPS) is 10.2. The topological polar surface area (TPSA) is 47.0 Å². The molecule has 18 heavy (non-hydrogen) atoms.